The van der Waals surface area contributed by atoms with E-state index in [1.165, 1.54) is 23.5 Å². The molecule has 0 aliphatic carbocycles. The zero-order valence-corrected chi connectivity index (χ0v) is 10.4. The second-order valence-electron chi connectivity index (χ2n) is 3.63. The summed E-state index contributed by atoms with van der Waals surface area (Å²) in [5, 5.41) is 24.4. The third-order valence-corrected chi connectivity index (χ3v) is 3.02. The van der Waals surface area contributed by atoms with Crippen LogP contribution in [0.4, 0.5) is 11.4 Å². The van der Waals surface area contributed by atoms with Crippen molar-refractivity contribution in [2.45, 2.75) is 6.54 Å². The molecule has 1 aromatic heterocycles. The van der Waals surface area contributed by atoms with Gasteiger partial charge >= 0.3 is 5.97 Å². The van der Waals surface area contributed by atoms with Crippen LogP contribution in [-0.4, -0.2) is 21.0 Å². The third-order valence-electron chi connectivity index (χ3n) is 2.39. The molecule has 0 bridgehead atoms. The number of hydrogen-bond acceptors (Lipinski definition) is 6. The van der Waals surface area contributed by atoms with Crippen LogP contribution in [0.3, 0.4) is 0 Å². The van der Waals surface area contributed by atoms with Crippen molar-refractivity contribution in [1.82, 2.24) is 4.98 Å². The van der Waals surface area contributed by atoms with E-state index in [1.807, 2.05) is 5.38 Å². The number of rotatable bonds is 5. The number of hydrogen-bond donors (Lipinski definition) is 2. The van der Waals surface area contributed by atoms with Crippen LogP contribution < -0.4 is 5.32 Å². The average molecular weight is 279 g/mol. The van der Waals surface area contributed by atoms with Crippen molar-refractivity contribution < 1.29 is 14.8 Å². The number of thiazole rings is 1. The van der Waals surface area contributed by atoms with Crippen LogP contribution in [-0.2, 0) is 6.54 Å². The van der Waals surface area contributed by atoms with E-state index in [4.69, 9.17) is 5.11 Å². The fourth-order valence-electron chi connectivity index (χ4n) is 1.49. The minimum atomic E-state index is -1.14. The molecule has 2 rings (SSSR count). The molecule has 7 nitrogen and oxygen atoms in total. The summed E-state index contributed by atoms with van der Waals surface area (Å²) in [5.41, 5.74) is 2.43. The van der Waals surface area contributed by atoms with E-state index in [-0.39, 0.29) is 16.9 Å². The monoisotopic (exact) mass is 279 g/mol. The van der Waals surface area contributed by atoms with Gasteiger partial charge < -0.3 is 10.4 Å². The highest BCUT2D eigenvalue weighted by Gasteiger charge is 2.15. The molecule has 2 N–H and O–H groups in total. The Kier molecular flexibility index (Phi) is 3.71. The van der Waals surface area contributed by atoms with Crippen LogP contribution in [0.25, 0.3) is 0 Å². The smallest absolute Gasteiger partial charge is 0.337 e. The second kappa shape index (κ2) is 5.44. The van der Waals surface area contributed by atoms with Crippen molar-refractivity contribution in [3.05, 3.63) is 50.5 Å². The number of carbonyl (C=O) groups is 1. The average Bonchev–Trinajstić information content (AvgIpc) is 2.88. The minimum Gasteiger partial charge on any atom is -0.478 e. The number of anilines is 1. The zero-order chi connectivity index (χ0) is 13.8. The molecule has 1 aromatic carbocycles. The first kappa shape index (κ1) is 13.0. The first-order chi connectivity index (χ1) is 9.08. The van der Waals surface area contributed by atoms with E-state index < -0.39 is 10.9 Å². The van der Waals surface area contributed by atoms with Crippen molar-refractivity contribution in [1.29, 1.82) is 0 Å². The number of nitro groups is 1. The lowest BCUT2D eigenvalue weighted by molar-refractivity contribution is -0.384. The predicted octanol–water partition coefficient (Wildman–Crippen LogP) is 2.36. The largest absolute Gasteiger partial charge is 0.478 e. The third kappa shape index (κ3) is 3.05. The molecule has 0 fully saturated rings. The summed E-state index contributed by atoms with van der Waals surface area (Å²) in [6, 6.07) is 3.58. The summed E-state index contributed by atoms with van der Waals surface area (Å²) in [4.78, 5) is 25.2. The lowest BCUT2D eigenvalue weighted by atomic mass is 10.1. The topological polar surface area (TPSA) is 105 Å². The lowest BCUT2D eigenvalue weighted by Crippen LogP contribution is -2.07. The van der Waals surface area contributed by atoms with Crippen molar-refractivity contribution >= 4 is 28.7 Å². The molecular weight excluding hydrogens is 270 g/mol. The molecular formula is C11H9N3O4S. The van der Waals surface area contributed by atoms with Gasteiger partial charge in [-0.25, -0.2) is 9.78 Å². The molecule has 0 saturated heterocycles. The van der Waals surface area contributed by atoms with E-state index in [0.29, 0.717) is 6.54 Å². The molecule has 19 heavy (non-hydrogen) atoms. The van der Waals surface area contributed by atoms with E-state index in [0.717, 1.165) is 11.8 Å². The molecule has 2 aromatic rings. The Morgan fingerprint density at radius 2 is 2.32 bits per heavy atom. The molecule has 0 spiro atoms. The quantitative estimate of drug-likeness (QED) is 0.643. The van der Waals surface area contributed by atoms with Gasteiger partial charge in [-0.05, 0) is 6.07 Å². The number of benzene rings is 1. The van der Waals surface area contributed by atoms with Gasteiger partial charge in [-0.3, -0.25) is 10.1 Å². The van der Waals surface area contributed by atoms with Gasteiger partial charge in [0.15, 0.2) is 0 Å². The Labute approximate surface area is 111 Å². The highest BCUT2D eigenvalue weighted by atomic mass is 32.1. The Hall–Kier alpha value is -2.48. The van der Waals surface area contributed by atoms with Crippen LogP contribution in [0, 0.1) is 10.1 Å². The number of nitro benzene ring substituents is 1. The van der Waals surface area contributed by atoms with Crippen LogP contribution in [0.1, 0.15) is 16.1 Å². The Morgan fingerprint density at radius 3 is 2.89 bits per heavy atom. The molecule has 1 heterocycles. The van der Waals surface area contributed by atoms with E-state index in [2.05, 4.69) is 10.3 Å². The summed E-state index contributed by atoms with van der Waals surface area (Å²) < 4.78 is 0. The molecule has 0 atom stereocenters. The number of nitrogens with one attached hydrogen (secondary N) is 1. The van der Waals surface area contributed by atoms with Gasteiger partial charge in [0.05, 0.1) is 33.9 Å². The number of carboxylic acids is 1. The SMILES string of the molecule is O=C(O)c1ccc([N+](=O)[O-])cc1NCc1cscn1. The summed E-state index contributed by atoms with van der Waals surface area (Å²) in [6.45, 7) is 0.310. The maximum Gasteiger partial charge on any atom is 0.337 e. The zero-order valence-electron chi connectivity index (χ0n) is 9.57. The summed E-state index contributed by atoms with van der Waals surface area (Å²) in [5.74, 6) is -1.14. The van der Waals surface area contributed by atoms with Gasteiger partial charge in [0.1, 0.15) is 0 Å². The number of aromatic nitrogens is 1. The second-order valence-corrected chi connectivity index (χ2v) is 4.34. The highest BCUT2D eigenvalue weighted by Crippen LogP contribution is 2.23. The normalized spacial score (nSPS) is 10.1. The molecule has 8 heteroatoms. The maximum atomic E-state index is 11.0. The van der Waals surface area contributed by atoms with Crippen molar-refractivity contribution in [3.63, 3.8) is 0 Å². The van der Waals surface area contributed by atoms with Crippen molar-refractivity contribution in [3.8, 4) is 0 Å². The lowest BCUT2D eigenvalue weighted by Gasteiger charge is -2.08. The molecule has 0 aliphatic rings. The van der Waals surface area contributed by atoms with Crippen molar-refractivity contribution in [2.75, 3.05) is 5.32 Å². The predicted molar refractivity (Wildman–Crippen MR) is 69.5 cm³/mol. The van der Waals surface area contributed by atoms with Crippen molar-refractivity contribution in [2.24, 2.45) is 0 Å². The van der Waals surface area contributed by atoms with Gasteiger partial charge in [0, 0.05) is 17.5 Å². The van der Waals surface area contributed by atoms with Gasteiger partial charge in [-0.2, -0.15) is 0 Å². The first-order valence-electron chi connectivity index (χ1n) is 5.20. The van der Waals surface area contributed by atoms with Gasteiger partial charge in [0.2, 0.25) is 0 Å². The first-order valence-corrected chi connectivity index (χ1v) is 6.15. The summed E-state index contributed by atoms with van der Waals surface area (Å²) in [7, 11) is 0. The molecule has 0 radical (unpaired) electrons. The number of carboxylic acid groups (broad SMARTS) is 1. The van der Waals surface area contributed by atoms with Gasteiger partial charge in [0.25, 0.3) is 5.69 Å². The maximum absolute atomic E-state index is 11.0. The minimum absolute atomic E-state index is 0.0131. The summed E-state index contributed by atoms with van der Waals surface area (Å²) in [6.07, 6.45) is 0. The Bertz CT molecular complexity index is 612. The fourth-order valence-corrected chi connectivity index (χ4v) is 2.05. The van der Waals surface area contributed by atoms with Crippen LogP contribution in [0.15, 0.2) is 29.1 Å². The highest BCUT2D eigenvalue weighted by molar-refractivity contribution is 7.07. The van der Waals surface area contributed by atoms with E-state index >= 15 is 0 Å². The standard InChI is InChI=1S/C11H9N3O4S/c15-11(16)9-2-1-8(14(17)18)3-10(9)12-4-7-5-19-6-13-7/h1-3,5-6,12H,4H2,(H,15,16). The molecule has 0 saturated carbocycles. The fraction of sp³-hybridized carbons (Fsp3) is 0.0909. The molecule has 0 aliphatic heterocycles. The Balaban J connectivity index is 2.27. The number of aromatic carboxylic acids is 1. The van der Waals surface area contributed by atoms with Crippen LogP contribution in [0.2, 0.25) is 0 Å². The summed E-state index contributed by atoms with van der Waals surface area (Å²) >= 11 is 1.42. The molecule has 98 valence electrons. The number of non-ortho nitro benzene ring substituents is 1. The number of nitrogens with zero attached hydrogens (tertiary/aromatic N) is 2. The Morgan fingerprint density at radius 1 is 1.53 bits per heavy atom. The van der Waals surface area contributed by atoms with E-state index in [9.17, 15) is 14.9 Å². The van der Waals surface area contributed by atoms with Gasteiger partial charge in [-0.1, -0.05) is 0 Å². The van der Waals surface area contributed by atoms with Gasteiger partial charge in [-0.15, -0.1) is 11.3 Å². The van der Waals surface area contributed by atoms with Crippen LogP contribution in [0.5, 0.6) is 0 Å². The molecule has 0 amide bonds. The molecule has 0 unspecified atom stereocenters. The van der Waals surface area contributed by atoms with E-state index in [1.54, 1.807) is 5.51 Å². The van der Waals surface area contributed by atoms with Crippen LogP contribution >= 0.6 is 11.3 Å².